The molecule has 212 valence electrons. The van der Waals surface area contributed by atoms with Crippen molar-refractivity contribution < 1.29 is 17.7 Å². The second kappa shape index (κ2) is 10.3. The second-order valence-corrected chi connectivity index (χ2v) is 13.9. The summed E-state index contributed by atoms with van der Waals surface area (Å²) in [6.07, 6.45) is 2.30. The van der Waals surface area contributed by atoms with Gasteiger partial charge in [0.15, 0.2) is 5.75 Å². The number of halogens is 1. The average Bonchev–Trinajstić information content (AvgIpc) is 2.93. The molecule has 1 aromatic heterocycles. The maximum atomic E-state index is 13.5. The van der Waals surface area contributed by atoms with E-state index in [1.807, 2.05) is 37.3 Å². The molecule has 7 heteroatoms. The maximum Gasteiger partial charge on any atom is 0.339 e. The van der Waals surface area contributed by atoms with Crippen molar-refractivity contribution in [1.82, 2.24) is 4.98 Å². The number of nitrogens with zero attached hydrogens (tertiary/aromatic N) is 1. The van der Waals surface area contributed by atoms with Crippen molar-refractivity contribution in [2.24, 2.45) is 5.41 Å². The topological polar surface area (TPSA) is 76.5 Å². The quantitative estimate of drug-likeness (QED) is 0.159. The van der Waals surface area contributed by atoms with Gasteiger partial charge in [-0.1, -0.05) is 80.4 Å². The molecular formula is C35H30ClNO4S. The number of phenolic OH excluding ortho intramolecular Hbond substituents is 1. The lowest BCUT2D eigenvalue weighted by molar-refractivity contribution is 0.397. The van der Waals surface area contributed by atoms with Gasteiger partial charge in [-0.05, 0) is 88.2 Å². The molecule has 0 aliphatic heterocycles. The Morgan fingerprint density at radius 1 is 0.857 bits per heavy atom. The highest BCUT2D eigenvalue weighted by molar-refractivity contribution is 7.87. The first-order valence-electron chi connectivity index (χ1n) is 13.7. The first-order valence-corrected chi connectivity index (χ1v) is 15.5. The zero-order valence-electron chi connectivity index (χ0n) is 23.8. The van der Waals surface area contributed by atoms with Crippen LogP contribution in [0.4, 0.5) is 0 Å². The van der Waals surface area contributed by atoms with Crippen LogP contribution in [-0.4, -0.2) is 18.5 Å². The number of hydrogen-bond donors (Lipinski definition) is 1. The Labute approximate surface area is 250 Å². The smallest absolute Gasteiger partial charge is 0.339 e. The Kier molecular flexibility index (Phi) is 6.87. The van der Waals surface area contributed by atoms with Gasteiger partial charge in [0.2, 0.25) is 0 Å². The molecule has 0 bridgehead atoms. The van der Waals surface area contributed by atoms with Crippen molar-refractivity contribution in [3.63, 3.8) is 0 Å². The number of rotatable bonds is 5. The molecule has 0 aliphatic carbocycles. The maximum absolute atomic E-state index is 13.5. The van der Waals surface area contributed by atoms with E-state index in [1.54, 1.807) is 42.6 Å². The van der Waals surface area contributed by atoms with Crippen LogP contribution in [0.3, 0.4) is 0 Å². The van der Waals surface area contributed by atoms with Gasteiger partial charge in [-0.2, -0.15) is 8.42 Å². The number of fused-ring (bicyclic) bond motifs is 4. The highest BCUT2D eigenvalue weighted by Gasteiger charge is 2.25. The zero-order valence-corrected chi connectivity index (χ0v) is 25.3. The first kappa shape index (κ1) is 28.0. The zero-order chi connectivity index (χ0) is 29.8. The molecule has 1 N–H and O–H groups in total. The highest BCUT2D eigenvalue weighted by atomic mass is 35.5. The van der Waals surface area contributed by atoms with Crippen LogP contribution in [0.2, 0.25) is 5.02 Å². The lowest BCUT2D eigenvalue weighted by Gasteiger charge is -2.23. The molecule has 1 heterocycles. The van der Waals surface area contributed by atoms with Crippen molar-refractivity contribution in [3.05, 3.63) is 107 Å². The van der Waals surface area contributed by atoms with Crippen LogP contribution in [0.5, 0.6) is 11.5 Å². The third-order valence-electron chi connectivity index (χ3n) is 7.35. The summed E-state index contributed by atoms with van der Waals surface area (Å²) in [5, 5.41) is 17.1. The van der Waals surface area contributed by atoms with Gasteiger partial charge < -0.3 is 9.29 Å². The van der Waals surface area contributed by atoms with E-state index in [0.717, 1.165) is 38.1 Å². The molecule has 0 fully saturated rings. The van der Waals surface area contributed by atoms with E-state index in [-0.39, 0.29) is 21.8 Å². The second-order valence-electron chi connectivity index (χ2n) is 11.9. The van der Waals surface area contributed by atoms with E-state index in [9.17, 15) is 13.5 Å². The monoisotopic (exact) mass is 595 g/mol. The Bertz CT molecular complexity index is 2120. The largest absolute Gasteiger partial charge is 0.507 e. The van der Waals surface area contributed by atoms with Gasteiger partial charge in [0, 0.05) is 22.3 Å². The summed E-state index contributed by atoms with van der Waals surface area (Å²) in [7, 11) is -4.19. The van der Waals surface area contributed by atoms with Gasteiger partial charge in [0.05, 0.1) is 11.1 Å². The van der Waals surface area contributed by atoms with E-state index >= 15 is 0 Å². The fraction of sp³-hybridized carbons (Fsp3) is 0.171. The Morgan fingerprint density at radius 2 is 1.57 bits per heavy atom. The van der Waals surface area contributed by atoms with Gasteiger partial charge in [0.25, 0.3) is 0 Å². The standard InChI is InChI=1S/C35H30ClNO4S/c1-21-10-12-27-22(16-21)18-29(34(38)30(27)20-35(2,3)4)33-32-28(14-15-37-33)26-13-11-24(36)17-23(26)19-31(32)41-42(39,40)25-8-6-5-7-9-25/h5-19,38H,20H2,1-4H3. The number of hydrogen-bond acceptors (Lipinski definition) is 5. The molecule has 0 unspecified atom stereocenters. The third-order valence-corrected chi connectivity index (χ3v) is 8.84. The normalized spacial score (nSPS) is 12.3. The van der Waals surface area contributed by atoms with Crippen LogP contribution in [-0.2, 0) is 16.5 Å². The van der Waals surface area contributed by atoms with Crippen LogP contribution in [0.25, 0.3) is 43.6 Å². The van der Waals surface area contributed by atoms with E-state index in [4.69, 9.17) is 20.8 Å². The van der Waals surface area contributed by atoms with Gasteiger partial charge in [-0.25, -0.2) is 0 Å². The predicted octanol–water partition coefficient (Wildman–Crippen LogP) is 9.23. The van der Waals surface area contributed by atoms with Crippen molar-refractivity contribution in [2.45, 2.75) is 39.0 Å². The lowest BCUT2D eigenvalue weighted by atomic mass is 9.83. The number of aryl methyl sites for hydroxylation is 1. The summed E-state index contributed by atoms with van der Waals surface area (Å²) in [5.74, 6) is 0.224. The Balaban J connectivity index is 1.70. The molecule has 5 aromatic carbocycles. The van der Waals surface area contributed by atoms with E-state index in [0.29, 0.717) is 28.1 Å². The SMILES string of the molecule is Cc1ccc2c(CC(C)(C)C)c(O)c(-c3nccc4c3c(OS(=O)(=O)c3ccccc3)cc3cc(Cl)ccc34)cc2c1. The molecule has 0 amide bonds. The number of phenols is 1. The first-order chi connectivity index (χ1) is 19.9. The molecule has 6 aromatic rings. The van der Waals surface area contributed by atoms with Crippen LogP contribution in [0, 0.1) is 12.3 Å². The molecule has 0 saturated carbocycles. The number of aromatic hydroxyl groups is 1. The molecule has 0 saturated heterocycles. The van der Waals surface area contributed by atoms with Crippen molar-refractivity contribution in [1.29, 1.82) is 0 Å². The van der Waals surface area contributed by atoms with Crippen LogP contribution in [0.1, 0.15) is 31.9 Å². The minimum absolute atomic E-state index is 0.0336. The van der Waals surface area contributed by atoms with Gasteiger partial charge >= 0.3 is 10.1 Å². The summed E-state index contributed by atoms with van der Waals surface area (Å²) in [6.45, 7) is 8.43. The molecule has 0 atom stereocenters. The molecule has 5 nitrogen and oxygen atoms in total. The molecule has 42 heavy (non-hydrogen) atoms. The van der Waals surface area contributed by atoms with Crippen molar-refractivity contribution in [2.75, 3.05) is 0 Å². The van der Waals surface area contributed by atoms with E-state index < -0.39 is 10.1 Å². The molecule has 0 aliphatic rings. The average molecular weight is 596 g/mol. The molecule has 0 spiro atoms. The van der Waals surface area contributed by atoms with Crippen LogP contribution < -0.4 is 4.18 Å². The fourth-order valence-corrected chi connectivity index (χ4v) is 6.69. The fourth-order valence-electron chi connectivity index (χ4n) is 5.55. The molecular weight excluding hydrogens is 566 g/mol. The number of benzene rings is 5. The third kappa shape index (κ3) is 5.17. The van der Waals surface area contributed by atoms with Crippen LogP contribution >= 0.6 is 11.6 Å². The number of aromatic nitrogens is 1. The van der Waals surface area contributed by atoms with Gasteiger partial charge in [-0.3, -0.25) is 4.98 Å². The van der Waals surface area contributed by atoms with E-state index in [2.05, 4.69) is 26.8 Å². The van der Waals surface area contributed by atoms with Gasteiger partial charge in [-0.15, -0.1) is 0 Å². The Morgan fingerprint density at radius 3 is 2.31 bits per heavy atom. The minimum atomic E-state index is -4.19. The summed E-state index contributed by atoms with van der Waals surface area (Å²) in [6, 6.07) is 25.1. The highest BCUT2D eigenvalue weighted by Crippen LogP contribution is 2.46. The van der Waals surface area contributed by atoms with Crippen molar-refractivity contribution >= 4 is 54.0 Å². The van der Waals surface area contributed by atoms with Crippen molar-refractivity contribution in [3.8, 4) is 22.8 Å². The number of pyridine rings is 1. The summed E-state index contributed by atoms with van der Waals surface area (Å²) in [4.78, 5) is 4.77. The minimum Gasteiger partial charge on any atom is -0.507 e. The molecule has 6 rings (SSSR count). The van der Waals surface area contributed by atoms with E-state index in [1.165, 1.54) is 12.1 Å². The summed E-state index contributed by atoms with van der Waals surface area (Å²) < 4.78 is 32.8. The molecule has 0 radical (unpaired) electrons. The van der Waals surface area contributed by atoms with Crippen LogP contribution in [0.15, 0.2) is 96.0 Å². The Hall–Kier alpha value is -4.13. The van der Waals surface area contributed by atoms with Gasteiger partial charge in [0.1, 0.15) is 10.6 Å². The lowest BCUT2D eigenvalue weighted by Crippen LogP contribution is -2.11. The predicted molar refractivity (Wildman–Crippen MR) is 171 cm³/mol. The summed E-state index contributed by atoms with van der Waals surface area (Å²) in [5.41, 5.74) is 2.74. The summed E-state index contributed by atoms with van der Waals surface area (Å²) >= 11 is 6.33.